The van der Waals surface area contributed by atoms with E-state index in [0.717, 1.165) is 25.2 Å². The van der Waals surface area contributed by atoms with Crippen molar-refractivity contribution in [2.75, 3.05) is 26.2 Å². The van der Waals surface area contributed by atoms with Crippen LogP contribution in [0.15, 0.2) is 18.2 Å². The zero-order chi connectivity index (χ0) is 14.8. The lowest BCUT2D eigenvalue weighted by Crippen LogP contribution is -2.50. The molecule has 21 heavy (non-hydrogen) atoms. The van der Waals surface area contributed by atoms with Crippen LogP contribution in [0.25, 0.3) is 0 Å². The topological polar surface area (TPSA) is 41.6 Å². The molecular formula is C15H18F2N2O2. The van der Waals surface area contributed by atoms with Gasteiger partial charge in [0.05, 0.1) is 12.7 Å². The number of morpholine rings is 1. The van der Waals surface area contributed by atoms with Crippen LogP contribution in [-0.2, 0) is 4.74 Å². The van der Waals surface area contributed by atoms with Gasteiger partial charge in [-0.2, -0.15) is 0 Å². The van der Waals surface area contributed by atoms with Gasteiger partial charge in [-0.05, 0) is 37.6 Å². The van der Waals surface area contributed by atoms with Crippen LogP contribution in [0.5, 0.6) is 0 Å². The zero-order valence-corrected chi connectivity index (χ0v) is 11.6. The number of hydrogen-bond acceptors (Lipinski definition) is 3. The maximum atomic E-state index is 13.1. The van der Waals surface area contributed by atoms with E-state index in [1.165, 1.54) is 18.9 Å². The van der Waals surface area contributed by atoms with E-state index in [0.29, 0.717) is 19.2 Å². The summed E-state index contributed by atoms with van der Waals surface area (Å²) in [5.41, 5.74) is 0.115. The minimum atomic E-state index is -1.02. The molecule has 2 fully saturated rings. The van der Waals surface area contributed by atoms with E-state index >= 15 is 0 Å². The normalized spacial score (nSPS) is 25.6. The fraction of sp³-hybridized carbons (Fsp3) is 0.533. The summed E-state index contributed by atoms with van der Waals surface area (Å²) >= 11 is 0. The summed E-state index contributed by atoms with van der Waals surface area (Å²) in [6, 6.07) is 3.65. The molecule has 2 saturated heterocycles. The second-order valence-electron chi connectivity index (χ2n) is 5.59. The van der Waals surface area contributed by atoms with Crippen molar-refractivity contribution >= 4 is 5.91 Å². The first kappa shape index (κ1) is 14.4. The zero-order valence-electron chi connectivity index (χ0n) is 11.6. The molecule has 1 aromatic carbocycles. The van der Waals surface area contributed by atoms with Crippen LogP contribution >= 0.6 is 0 Å². The number of amides is 1. The maximum Gasteiger partial charge on any atom is 0.251 e. The third kappa shape index (κ3) is 3.22. The molecule has 0 radical (unpaired) electrons. The number of benzene rings is 1. The molecule has 2 aliphatic rings. The van der Waals surface area contributed by atoms with Gasteiger partial charge in [0.1, 0.15) is 0 Å². The monoisotopic (exact) mass is 296 g/mol. The van der Waals surface area contributed by atoms with Crippen molar-refractivity contribution in [3.8, 4) is 0 Å². The van der Waals surface area contributed by atoms with Gasteiger partial charge < -0.3 is 10.1 Å². The Balaban J connectivity index is 1.52. The van der Waals surface area contributed by atoms with Gasteiger partial charge in [0.15, 0.2) is 11.6 Å². The van der Waals surface area contributed by atoms with Crippen molar-refractivity contribution in [3.05, 3.63) is 35.4 Å². The van der Waals surface area contributed by atoms with E-state index in [9.17, 15) is 13.6 Å². The second-order valence-corrected chi connectivity index (χ2v) is 5.59. The first-order valence-electron chi connectivity index (χ1n) is 7.22. The summed E-state index contributed by atoms with van der Waals surface area (Å²) < 4.78 is 31.7. The van der Waals surface area contributed by atoms with Crippen molar-refractivity contribution < 1.29 is 18.3 Å². The van der Waals surface area contributed by atoms with Gasteiger partial charge in [0, 0.05) is 24.7 Å². The van der Waals surface area contributed by atoms with Crippen LogP contribution in [0, 0.1) is 11.6 Å². The lowest BCUT2D eigenvalue weighted by Gasteiger charge is -2.35. The molecule has 4 nitrogen and oxygen atoms in total. The highest BCUT2D eigenvalue weighted by molar-refractivity contribution is 5.94. The summed E-state index contributed by atoms with van der Waals surface area (Å²) in [5, 5.41) is 2.72. The third-order valence-corrected chi connectivity index (χ3v) is 4.13. The predicted octanol–water partition coefficient (Wildman–Crippen LogP) is 1.56. The molecular weight excluding hydrogens is 278 g/mol. The first-order valence-corrected chi connectivity index (χ1v) is 7.22. The molecule has 0 spiro atoms. The van der Waals surface area contributed by atoms with Gasteiger partial charge in [0.2, 0.25) is 0 Å². The minimum Gasteiger partial charge on any atom is -0.373 e. The largest absolute Gasteiger partial charge is 0.373 e. The fourth-order valence-corrected chi connectivity index (χ4v) is 2.96. The van der Waals surface area contributed by atoms with Crippen molar-refractivity contribution in [2.24, 2.45) is 0 Å². The maximum absolute atomic E-state index is 13.1. The Morgan fingerprint density at radius 2 is 2.24 bits per heavy atom. The summed E-state index contributed by atoms with van der Waals surface area (Å²) in [6.07, 6.45) is 2.32. The summed E-state index contributed by atoms with van der Waals surface area (Å²) in [6.45, 7) is 2.97. The number of rotatable bonds is 3. The van der Waals surface area contributed by atoms with Gasteiger partial charge in [-0.25, -0.2) is 8.78 Å². The van der Waals surface area contributed by atoms with Crippen molar-refractivity contribution in [3.63, 3.8) is 0 Å². The van der Waals surface area contributed by atoms with Gasteiger partial charge in [-0.3, -0.25) is 9.69 Å². The molecule has 6 heteroatoms. The average Bonchev–Trinajstić information content (AvgIpc) is 2.95. The molecule has 114 valence electrons. The molecule has 2 atom stereocenters. The smallest absolute Gasteiger partial charge is 0.251 e. The van der Waals surface area contributed by atoms with Crippen LogP contribution in [0.3, 0.4) is 0 Å². The highest BCUT2D eigenvalue weighted by atomic mass is 19.2. The van der Waals surface area contributed by atoms with Crippen LogP contribution in [0.4, 0.5) is 8.78 Å². The highest BCUT2D eigenvalue weighted by Crippen LogP contribution is 2.22. The van der Waals surface area contributed by atoms with Gasteiger partial charge in [0.25, 0.3) is 5.91 Å². The molecule has 0 unspecified atom stereocenters. The number of hydrogen-bond donors (Lipinski definition) is 1. The van der Waals surface area contributed by atoms with E-state index in [1.807, 2.05) is 0 Å². The van der Waals surface area contributed by atoms with Gasteiger partial charge >= 0.3 is 0 Å². The Kier molecular flexibility index (Phi) is 4.17. The first-order chi connectivity index (χ1) is 10.1. The Morgan fingerprint density at radius 1 is 1.38 bits per heavy atom. The van der Waals surface area contributed by atoms with Crippen LogP contribution in [0.2, 0.25) is 0 Å². The van der Waals surface area contributed by atoms with E-state index in [4.69, 9.17) is 4.74 Å². The molecule has 1 aromatic rings. The van der Waals surface area contributed by atoms with E-state index in [1.54, 1.807) is 0 Å². The Labute approximate surface area is 122 Å². The molecule has 0 aliphatic carbocycles. The summed E-state index contributed by atoms with van der Waals surface area (Å²) in [7, 11) is 0. The minimum absolute atomic E-state index is 0.0476. The second kappa shape index (κ2) is 6.07. The molecule has 3 rings (SSSR count). The van der Waals surface area contributed by atoms with E-state index < -0.39 is 17.5 Å². The summed E-state index contributed by atoms with van der Waals surface area (Å²) in [4.78, 5) is 14.3. The summed E-state index contributed by atoms with van der Waals surface area (Å²) in [5.74, 6) is -2.39. The Bertz CT molecular complexity index is 538. The molecule has 1 amide bonds. The van der Waals surface area contributed by atoms with Crippen molar-refractivity contribution in [1.29, 1.82) is 0 Å². The number of halogens is 2. The third-order valence-electron chi connectivity index (χ3n) is 4.13. The van der Waals surface area contributed by atoms with Crippen molar-refractivity contribution in [2.45, 2.75) is 25.0 Å². The SMILES string of the molecule is O=C(NC[C@@H]1CN2CCC[C@@H]2CO1)c1ccc(F)c(F)c1. The lowest BCUT2D eigenvalue weighted by molar-refractivity contribution is -0.0461. The van der Waals surface area contributed by atoms with Crippen LogP contribution in [-0.4, -0.2) is 49.2 Å². The standard InChI is InChI=1S/C15H18F2N2O2/c16-13-4-3-10(6-14(13)17)15(20)18-7-12-8-19-5-1-2-11(19)9-21-12/h3-4,6,11-12H,1-2,5,7-9H2,(H,18,20)/t11-,12-/m1/s1. The van der Waals surface area contributed by atoms with E-state index in [-0.39, 0.29) is 11.7 Å². The molecule has 0 saturated carbocycles. The average molecular weight is 296 g/mol. The van der Waals surface area contributed by atoms with E-state index in [2.05, 4.69) is 10.2 Å². The molecule has 2 heterocycles. The number of carbonyl (C=O) groups is 1. The Morgan fingerprint density at radius 3 is 3.05 bits per heavy atom. The molecule has 0 aromatic heterocycles. The Hall–Kier alpha value is -1.53. The molecule has 0 bridgehead atoms. The predicted molar refractivity (Wildman–Crippen MR) is 73.0 cm³/mol. The number of nitrogens with one attached hydrogen (secondary N) is 1. The number of carbonyl (C=O) groups excluding carboxylic acids is 1. The number of ether oxygens (including phenoxy) is 1. The highest BCUT2D eigenvalue weighted by Gasteiger charge is 2.32. The van der Waals surface area contributed by atoms with Crippen LogP contribution < -0.4 is 5.32 Å². The quantitative estimate of drug-likeness (QED) is 0.920. The van der Waals surface area contributed by atoms with Crippen LogP contribution in [0.1, 0.15) is 23.2 Å². The molecule has 1 N–H and O–H groups in total. The number of nitrogens with zero attached hydrogens (tertiary/aromatic N) is 1. The fourth-order valence-electron chi connectivity index (χ4n) is 2.96. The van der Waals surface area contributed by atoms with Crippen molar-refractivity contribution in [1.82, 2.24) is 10.2 Å². The number of fused-ring (bicyclic) bond motifs is 1. The van der Waals surface area contributed by atoms with Gasteiger partial charge in [-0.15, -0.1) is 0 Å². The molecule has 2 aliphatic heterocycles. The van der Waals surface area contributed by atoms with Gasteiger partial charge in [-0.1, -0.05) is 0 Å². The lowest BCUT2D eigenvalue weighted by atomic mass is 10.1.